The fourth-order valence-electron chi connectivity index (χ4n) is 2.47. The maximum absolute atomic E-state index is 11.9. The first-order chi connectivity index (χ1) is 14.0. The van der Waals surface area contributed by atoms with Crippen molar-refractivity contribution in [3.05, 3.63) is 0 Å². The van der Waals surface area contributed by atoms with Crippen LogP contribution in [-0.2, 0) is 42.8 Å². The van der Waals surface area contributed by atoms with Gasteiger partial charge in [0.15, 0.2) is 0 Å². The van der Waals surface area contributed by atoms with Gasteiger partial charge in [0.05, 0.1) is 25.7 Å². The molecule has 0 saturated heterocycles. The van der Waals surface area contributed by atoms with E-state index in [0.29, 0.717) is 19.8 Å². The molecule has 0 aromatic rings. The molecule has 0 fully saturated rings. The molecule has 0 N–H and O–H groups in total. The van der Waals surface area contributed by atoms with Gasteiger partial charge in [0.2, 0.25) is 0 Å². The summed E-state index contributed by atoms with van der Waals surface area (Å²) in [6.07, 6.45) is 4.17. The van der Waals surface area contributed by atoms with Crippen LogP contribution in [0.4, 0.5) is 0 Å². The maximum Gasteiger partial charge on any atom is 0.264 e. The summed E-state index contributed by atoms with van der Waals surface area (Å²) in [5, 5.41) is 0. The zero-order valence-corrected chi connectivity index (χ0v) is 20.6. The van der Waals surface area contributed by atoms with E-state index in [-0.39, 0.29) is 13.2 Å². The quantitative estimate of drug-likeness (QED) is 0.193. The lowest BCUT2D eigenvalue weighted by Crippen LogP contribution is -2.48. The Kier molecular flexibility index (Phi) is 16.2. The first-order valence-corrected chi connectivity index (χ1v) is 14.2. The molecule has 9 nitrogen and oxygen atoms in total. The number of unbranched alkanes of at least 4 members (excludes halogenated alkanes) is 3. The number of ether oxygens (including phenoxy) is 3. The van der Waals surface area contributed by atoms with E-state index >= 15 is 0 Å². The molecule has 0 bridgehead atoms. The van der Waals surface area contributed by atoms with Crippen molar-refractivity contribution >= 4 is 20.2 Å². The minimum absolute atomic E-state index is 0.0314. The van der Waals surface area contributed by atoms with E-state index in [1.807, 2.05) is 20.8 Å². The molecule has 11 heteroatoms. The van der Waals surface area contributed by atoms with Gasteiger partial charge in [0, 0.05) is 19.8 Å². The second kappa shape index (κ2) is 16.3. The molecular formula is C19H40O9S2. The summed E-state index contributed by atoms with van der Waals surface area (Å²) in [5.74, 6) is 0. The van der Waals surface area contributed by atoms with Crippen molar-refractivity contribution < 1.29 is 39.4 Å². The second-order valence-corrected chi connectivity index (χ2v) is 10.5. The van der Waals surface area contributed by atoms with Crippen LogP contribution in [-0.4, -0.2) is 80.7 Å². The summed E-state index contributed by atoms with van der Waals surface area (Å²) in [4.78, 5) is 0. The van der Waals surface area contributed by atoms with Crippen LogP contribution in [0.3, 0.4) is 0 Å². The highest BCUT2D eigenvalue weighted by molar-refractivity contribution is 7.86. The van der Waals surface area contributed by atoms with Gasteiger partial charge in [-0.3, -0.25) is 8.37 Å². The molecule has 0 radical (unpaired) electrons. The fourth-order valence-corrected chi connectivity index (χ4v) is 3.47. The largest absolute Gasteiger partial charge is 0.379 e. The summed E-state index contributed by atoms with van der Waals surface area (Å²) in [6.45, 7) is 6.81. The highest BCUT2D eigenvalue weighted by Crippen LogP contribution is 2.18. The average Bonchev–Trinajstić information content (AvgIpc) is 2.63. The minimum Gasteiger partial charge on any atom is -0.379 e. The van der Waals surface area contributed by atoms with Crippen LogP contribution in [0.2, 0.25) is 0 Å². The van der Waals surface area contributed by atoms with Gasteiger partial charge in [0.25, 0.3) is 20.2 Å². The van der Waals surface area contributed by atoms with Crippen molar-refractivity contribution in [1.29, 1.82) is 0 Å². The molecule has 3 atom stereocenters. The molecule has 0 heterocycles. The molecular weight excluding hydrogens is 436 g/mol. The lowest BCUT2D eigenvalue weighted by Gasteiger charge is -2.32. The Balaban J connectivity index is 5.62. The average molecular weight is 477 g/mol. The molecule has 182 valence electrons. The van der Waals surface area contributed by atoms with E-state index in [2.05, 4.69) is 0 Å². The molecule has 1 unspecified atom stereocenters. The molecule has 30 heavy (non-hydrogen) atoms. The third-order valence-electron chi connectivity index (χ3n) is 4.04. The van der Waals surface area contributed by atoms with Crippen LogP contribution < -0.4 is 0 Å². The third-order valence-corrected chi connectivity index (χ3v) is 5.20. The second-order valence-electron chi connectivity index (χ2n) is 7.21. The molecule has 0 amide bonds. The predicted octanol–water partition coefficient (Wildman–Crippen LogP) is 2.49. The zero-order chi connectivity index (χ0) is 23.0. The van der Waals surface area contributed by atoms with Gasteiger partial charge >= 0.3 is 0 Å². The van der Waals surface area contributed by atoms with E-state index in [1.165, 1.54) is 0 Å². The van der Waals surface area contributed by atoms with E-state index < -0.39 is 38.5 Å². The van der Waals surface area contributed by atoms with Gasteiger partial charge in [-0.2, -0.15) is 16.8 Å². The maximum atomic E-state index is 11.9. The molecule has 0 aliphatic heterocycles. The van der Waals surface area contributed by atoms with Gasteiger partial charge < -0.3 is 14.2 Å². The molecule has 0 rings (SSSR count). The molecule has 0 aromatic heterocycles. The predicted molar refractivity (Wildman–Crippen MR) is 116 cm³/mol. The van der Waals surface area contributed by atoms with Crippen LogP contribution in [0.1, 0.15) is 59.3 Å². The van der Waals surface area contributed by atoms with E-state index in [1.54, 1.807) is 0 Å². The van der Waals surface area contributed by atoms with Gasteiger partial charge in [0.1, 0.15) is 18.3 Å². The zero-order valence-electron chi connectivity index (χ0n) is 19.0. The minimum atomic E-state index is -3.82. The molecule has 0 aromatic carbocycles. The Morgan fingerprint density at radius 2 is 1.20 bits per heavy atom. The summed E-state index contributed by atoms with van der Waals surface area (Å²) in [6, 6.07) is 0. The number of rotatable bonds is 20. The van der Waals surface area contributed by atoms with Crippen LogP contribution in [0.5, 0.6) is 0 Å². The van der Waals surface area contributed by atoms with Crippen LogP contribution in [0.15, 0.2) is 0 Å². The first kappa shape index (κ1) is 29.7. The van der Waals surface area contributed by atoms with Gasteiger partial charge in [-0.05, 0) is 19.3 Å². The van der Waals surface area contributed by atoms with Crippen LogP contribution >= 0.6 is 0 Å². The van der Waals surface area contributed by atoms with Crippen molar-refractivity contribution in [3.63, 3.8) is 0 Å². The normalized spacial score (nSPS) is 15.8. The van der Waals surface area contributed by atoms with E-state index in [0.717, 1.165) is 51.0 Å². The molecule has 0 aliphatic rings. The Labute approximate surface area is 183 Å². The Bertz CT molecular complexity index is 620. The number of hydrogen-bond acceptors (Lipinski definition) is 9. The Morgan fingerprint density at radius 3 is 1.70 bits per heavy atom. The highest BCUT2D eigenvalue weighted by Gasteiger charge is 2.35. The Morgan fingerprint density at radius 1 is 0.667 bits per heavy atom. The van der Waals surface area contributed by atoms with Gasteiger partial charge in [-0.1, -0.05) is 40.0 Å². The lowest BCUT2D eigenvalue weighted by molar-refractivity contribution is -0.138. The smallest absolute Gasteiger partial charge is 0.264 e. The van der Waals surface area contributed by atoms with Crippen molar-refractivity contribution in [3.8, 4) is 0 Å². The third kappa shape index (κ3) is 16.4. The fraction of sp³-hybridized carbons (Fsp3) is 1.00. The lowest BCUT2D eigenvalue weighted by atomic mass is 10.1. The summed E-state index contributed by atoms with van der Waals surface area (Å²) < 4.78 is 74.4. The van der Waals surface area contributed by atoms with Crippen molar-refractivity contribution in [1.82, 2.24) is 0 Å². The summed E-state index contributed by atoms with van der Waals surface area (Å²) in [5.41, 5.74) is 0. The monoisotopic (exact) mass is 476 g/mol. The van der Waals surface area contributed by atoms with Crippen LogP contribution in [0.25, 0.3) is 0 Å². The molecule has 0 saturated carbocycles. The van der Waals surface area contributed by atoms with Gasteiger partial charge in [-0.15, -0.1) is 0 Å². The van der Waals surface area contributed by atoms with E-state index in [9.17, 15) is 16.8 Å². The standard InChI is InChI=1S/C19H40O9S2/c1-6-9-12-24-15-18(28-30(5,22)23)19(26-14-11-8-3)17(25-13-10-7-2)16-27-29(4,20)21/h17-19H,6-16H2,1-5H3/t17-,18-,19?/m0/s1. The highest BCUT2D eigenvalue weighted by atomic mass is 32.2. The summed E-state index contributed by atoms with van der Waals surface area (Å²) in [7, 11) is -7.54. The molecule has 0 aliphatic carbocycles. The SMILES string of the molecule is CCCCOC[C@H](OS(C)(=O)=O)C(OCCCC)[C@H](COS(C)(=O)=O)OCCCC. The Hall–Kier alpha value is -0.300. The summed E-state index contributed by atoms with van der Waals surface area (Å²) >= 11 is 0. The van der Waals surface area contributed by atoms with Crippen LogP contribution in [0, 0.1) is 0 Å². The van der Waals surface area contributed by atoms with Gasteiger partial charge in [-0.25, -0.2) is 0 Å². The van der Waals surface area contributed by atoms with Crippen molar-refractivity contribution in [2.45, 2.75) is 77.6 Å². The van der Waals surface area contributed by atoms with E-state index in [4.69, 9.17) is 22.6 Å². The van der Waals surface area contributed by atoms with Crippen molar-refractivity contribution in [2.24, 2.45) is 0 Å². The first-order valence-electron chi connectivity index (χ1n) is 10.6. The topological polar surface area (TPSA) is 114 Å². The van der Waals surface area contributed by atoms with Crippen molar-refractivity contribution in [2.75, 3.05) is 45.5 Å². The molecule has 0 spiro atoms. The number of hydrogen-bond donors (Lipinski definition) is 0.